The first-order valence-corrected chi connectivity index (χ1v) is 7.27. The normalized spacial score (nSPS) is 12.7. The SMILES string of the molecule is CC(C)CCC(C)NC(=O)CCc1cccs1. The molecule has 1 heterocycles. The summed E-state index contributed by atoms with van der Waals surface area (Å²) in [5.41, 5.74) is 0. The molecule has 3 heteroatoms. The molecule has 1 atom stereocenters. The fraction of sp³-hybridized carbons (Fsp3) is 0.643. The number of carbonyl (C=O) groups excluding carboxylic acids is 1. The molecule has 0 radical (unpaired) electrons. The average Bonchev–Trinajstić information content (AvgIpc) is 2.76. The Morgan fingerprint density at radius 1 is 1.35 bits per heavy atom. The van der Waals surface area contributed by atoms with Crippen molar-refractivity contribution in [3.05, 3.63) is 22.4 Å². The van der Waals surface area contributed by atoms with Crippen LogP contribution < -0.4 is 5.32 Å². The molecule has 1 amide bonds. The molecule has 0 saturated heterocycles. The molecule has 0 aromatic carbocycles. The Labute approximate surface area is 108 Å². The number of rotatable bonds is 7. The van der Waals surface area contributed by atoms with Crippen molar-refractivity contribution >= 4 is 17.2 Å². The smallest absolute Gasteiger partial charge is 0.220 e. The molecule has 0 bridgehead atoms. The van der Waals surface area contributed by atoms with Crippen LogP contribution in [0, 0.1) is 5.92 Å². The highest BCUT2D eigenvalue weighted by Crippen LogP contribution is 2.11. The molecule has 0 aliphatic heterocycles. The van der Waals surface area contributed by atoms with Crippen molar-refractivity contribution in [1.29, 1.82) is 0 Å². The minimum absolute atomic E-state index is 0.176. The van der Waals surface area contributed by atoms with Crippen molar-refractivity contribution in [1.82, 2.24) is 5.32 Å². The van der Waals surface area contributed by atoms with Gasteiger partial charge in [0.05, 0.1) is 0 Å². The minimum Gasteiger partial charge on any atom is -0.354 e. The first-order chi connectivity index (χ1) is 8.08. The molecule has 96 valence electrons. The number of hydrogen-bond donors (Lipinski definition) is 1. The summed E-state index contributed by atoms with van der Waals surface area (Å²) < 4.78 is 0. The summed E-state index contributed by atoms with van der Waals surface area (Å²) in [5.74, 6) is 0.884. The van der Waals surface area contributed by atoms with Crippen molar-refractivity contribution in [2.75, 3.05) is 0 Å². The van der Waals surface area contributed by atoms with Crippen molar-refractivity contribution in [2.24, 2.45) is 5.92 Å². The van der Waals surface area contributed by atoms with E-state index in [0.29, 0.717) is 18.4 Å². The van der Waals surface area contributed by atoms with Gasteiger partial charge >= 0.3 is 0 Å². The van der Waals surface area contributed by atoms with E-state index < -0.39 is 0 Å². The van der Waals surface area contributed by atoms with Crippen molar-refractivity contribution in [3.8, 4) is 0 Å². The summed E-state index contributed by atoms with van der Waals surface area (Å²) in [4.78, 5) is 13.0. The lowest BCUT2D eigenvalue weighted by molar-refractivity contribution is -0.121. The zero-order valence-electron chi connectivity index (χ0n) is 11.0. The molecule has 0 spiro atoms. The maximum Gasteiger partial charge on any atom is 0.220 e. The Balaban J connectivity index is 2.16. The monoisotopic (exact) mass is 253 g/mol. The van der Waals surface area contributed by atoms with Gasteiger partial charge in [-0.15, -0.1) is 11.3 Å². The van der Waals surface area contributed by atoms with E-state index in [2.05, 4.69) is 37.5 Å². The molecule has 0 fully saturated rings. The van der Waals surface area contributed by atoms with Crippen LogP contribution in [0.15, 0.2) is 17.5 Å². The molecular formula is C14H23NOS. The molecule has 0 saturated carbocycles. The molecule has 0 aliphatic carbocycles. The zero-order valence-corrected chi connectivity index (χ0v) is 11.8. The first-order valence-electron chi connectivity index (χ1n) is 6.39. The molecule has 17 heavy (non-hydrogen) atoms. The topological polar surface area (TPSA) is 29.1 Å². The van der Waals surface area contributed by atoms with Crippen LogP contribution in [0.25, 0.3) is 0 Å². The molecule has 1 rings (SSSR count). The van der Waals surface area contributed by atoms with Gasteiger partial charge in [0.1, 0.15) is 0 Å². The number of thiophene rings is 1. The highest BCUT2D eigenvalue weighted by Gasteiger charge is 2.08. The lowest BCUT2D eigenvalue weighted by Gasteiger charge is -2.14. The van der Waals surface area contributed by atoms with Crippen LogP contribution in [0.2, 0.25) is 0 Å². The van der Waals surface area contributed by atoms with Gasteiger partial charge in [0.15, 0.2) is 0 Å². The van der Waals surface area contributed by atoms with Crippen molar-refractivity contribution in [2.45, 2.75) is 52.5 Å². The third-order valence-electron chi connectivity index (χ3n) is 2.76. The summed E-state index contributed by atoms with van der Waals surface area (Å²) in [7, 11) is 0. The molecule has 1 aromatic rings. The lowest BCUT2D eigenvalue weighted by atomic mass is 10.0. The van der Waals surface area contributed by atoms with Gasteiger partial charge < -0.3 is 5.32 Å². The van der Waals surface area contributed by atoms with E-state index in [1.807, 2.05) is 6.07 Å². The van der Waals surface area contributed by atoms with Gasteiger partial charge in [-0.25, -0.2) is 0 Å². The Bertz CT molecular complexity index is 319. The van der Waals surface area contributed by atoms with E-state index in [1.54, 1.807) is 11.3 Å². The summed E-state index contributed by atoms with van der Waals surface area (Å²) in [6, 6.07) is 4.41. The van der Waals surface area contributed by atoms with Gasteiger partial charge in [0, 0.05) is 17.3 Å². The fourth-order valence-corrected chi connectivity index (χ4v) is 2.40. The van der Waals surface area contributed by atoms with Gasteiger partial charge in [-0.05, 0) is 43.6 Å². The minimum atomic E-state index is 0.176. The standard InChI is InChI=1S/C14H23NOS/c1-11(2)6-7-12(3)15-14(16)9-8-13-5-4-10-17-13/h4-5,10-12H,6-9H2,1-3H3,(H,15,16). The van der Waals surface area contributed by atoms with E-state index in [1.165, 1.54) is 11.3 Å². The van der Waals surface area contributed by atoms with Crippen LogP contribution in [0.5, 0.6) is 0 Å². The van der Waals surface area contributed by atoms with Crippen LogP contribution in [0.1, 0.15) is 44.9 Å². The van der Waals surface area contributed by atoms with Crippen molar-refractivity contribution < 1.29 is 4.79 Å². The predicted octanol–water partition coefficient (Wildman–Crippen LogP) is 3.62. The second-order valence-electron chi connectivity index (χ2n) is 5.02. The Morgan fingerprint density at radius 3 is 2.71 bits per heavy atom. The molecule has 2 nitrogen and oxygen atoms in total. The summed E-state index contributed by atoms with van der Waals surface area (Å²) in [5, 5.41) is 5.12. The maximum atomic E-state index is 11.7. The second-order valence-corrected chi connectivity index (χ2v) is 6.05. The number of nitrogens with one attached hydrogen (secondary N) is 1. The first kappa shape index (κ1) is 14.2. The van der Waals surface area contributed by atoms with Crippen LogP contribution in [-0.2, 0) is 11.2 Å². The van der Waals surface area contributed by atoms with Gasteiger partial charge in [-0.3, -0.25) is 4.79 Å². The quantitative estimate of drug-likeness (QED) is 0.790. The fourth-order valence-electron chi connectivity index (χ4n) is 1.69. The average molecular weight is 253 g/mol. The molecular weight excluding hydrogens is 230 g/mol. The van der Waals surface area contributed by atoms with Gasteiger partial charge in [-0.1, -0.05) is 19.9 Å². The summed E-state index contributed by atoms with van der Waals surface area (Å²) in [6.07, 6.45) is 3.71. The zero-order chi connectivity index (χ0) is 12.7. The molecule has 1 N–H and O–H groups in total. The summed E-state index contributed by atoms with van der Waals surface area (Å²) in [6.45, 7) is 6.52. The molecule has 1 aromatic heterocycles. The summed E-state index contributed by atoms with van der Waals surface area (Å²) >= 11 is 1.72. The Morgan fingerprint density at radius 2 is 2.12 bits per heavy atom. The second kappa shape index (κ2) is 7.49. The van der Waals surface area contributed by atoms with Gasteiger partial charge in [-0.2, -0.15) is 0 Å². The van der Waals surface area contributed by atoms with Crippen LogP contribution >= 0.6 is 11.3 Å². The van der Waals surface area contributed by atoms with Crippen LogP contribution in [0.4, 0.5) is 0 Å². The number of hydrogen-bond acceptors (Lipinski definition) is 2. The lowest BCUT2D eigenvalue weighted by Crippen LogP contribution is -2.32. The van der Waals surface area contributed by atoms with E-state index in [9.17, 15) is 4.79 Å². The van der Waals surface area contributed by atoms with E-state index >= 15 is 0 Å². The van der Waals surface area contributed by atoms with Gasteiger partial charge in [0.2, 0.25) is 5.91 Å². The number of aryl methyl sites for hydroxylation is 1. The highest BCUT2D eigenvalue weighted by molar-refractivity contribution is 7.09. The van der Waals surface area contributed by atoms with Gasteiger partial charge in [0.25, 0.3) is 0 Å². The van der Waals surface area contributed by atoms with Crippen LogP contribution in [0.3, 0.4) is 0 Å². The molecule has 1 unspecified atom stereocenters. The Hall–Kier alpha value is -0.830. The van der Waals surface area contributed by atoms with Crippen molar-refractivity contribution in [3.63, 3.8) is 0 Å². The molecule has 0 aliphatic rings. The third-order valence-corrected chi connectivity index (χ3v) is 3.70. The Kier molecular flexibility index (Phi) is 6.27. The largest absolute Gasteiger partial charge is 0.354 e. The number of carbonyl (C=O) groups is 1. The third kappa shape index (κ3) is 6.47. The maximum absolute atomic E-state index is 11.7. The predicted molar refractivity (Wildman–Crippen MR) is 74.3 cm³/mol. The van der Waals surface area contributed by atoms with Crippen LogP contribution in [-0.4, -0.2) is 11.9 Å². The van der Waals surface area contributed by atoms with E-state index in [-0.39, 0.29) is 5.91 Å². The number of amides is 1. The van der Waals surface area contributed by atoms with E-state index in [0.717, 1.165) is 12.8 Å². The highest BCUT2D eigenvalue weighted by atomic mass is 32.1. The van der Waals surface area contributed by atoms with E-state index in [4.69, 9.17) is 0 Å².